The van der Waals surface area contributed by atoms with E-state index in [9.17, 15) is 4.79 Å². The van der Waals surface area contributed by atoms with Gasteiger partial charge in [0.05, 0.1) is 6.54 Å². The van der Waals surface area contributed by atoms with E-state index in [1.165, 1.54) is 0 Å². The lowest BCUT2D eigenvalue weighted by atomic mass is 10.0. The highest BCUT2D eigenvalue weighted by atomic mass is 16.1. The molecule has 0 aliphatic heterocycles. The molecule has 3 nitrogen and oxygen atoms in total. The van der Waals surface area contributed by atoms with Crippen molar-refractivity contribution in [3.8, 4) is 0 Å². The smallest absolute Gasteiger partial charge is 0.174 e. The summed E-state index contributed by atoms with van der Waals surface area (Å²) in [6.45, 7) is 0.112. The molecule has 0 atom stereocenters. The number of H-pyrrole nitrogens is 1. The van der Waals surface area contributed by atoms with Gasteiger partial charge < -0.3 is 5.73 Å². The minimum absolute atomic E-state index is 0.0665. The predicted molar refractivity (Wildman–Crippen MR) is 58.3 cm³/mol. The van der Waals surface area contributed by atoms with Crippen molar-refractivity contribution < 1.29 is 9.78 Å². The van der Waals surface area contributed by atoms with Gasteiger partial charge >= 0.3 is 0 Å². The number of Topliss-reactive ketones (excluding diaryl/α,β-unsaturated/α-hetero) is 1. The Morgan fingerprint density at radius 2 is 2.13 bits per heavy atom. The highest BCUT2D eigenvalue weighted by molar-refractivity contribution is 5.86. The summed E-state index contributed by atoms with van der Waals surface area (Å²) in [5.74, 6) is 0.0665. The van der Waals surface area contributed by atoms with Gasteiger partial charge in [-0.2, -0.15) is 0 Å². The molecule has 0 aliphatic rings. The van der Waals surface area contributed by atoms with Gasteiger partial charge in [-0.25, -0.2) is 4.98 Å². The fraction of sp³-hybridized carbons (Fsp3) is 0.167. The van der Waals surface area contributed by atoms with Crippen molar-refractivity contribution in [2.75, 3.05) is 6.54 Å². The van der Waals surface area contributed by atoms with E-state index in [2.05, 4.69) is 4.98 Å². The fourth-order valence-electron chi connectivity index (χ4n) is 1.59. The lowest BCUT2D eigenvalue weighted by Crippen LogP contribution is -2.15. The van der Waals surface area contributed by atoms with Crippen LogP contribution in [0.2, 0.25) is 0 Å². The molecule has 0 saturated heterocycles. The average Bonchev–Trinajstić information content (AvgIpc) is 2.29. The van der Waals surface area contributed by atoms with Crippen LogP contribution in [0.25, 0.3) is 10.8 Å². The Kier molecular flexibility index (Phi) is 2.74. The largest absolute Gasteiger partial charge is 0.324 e. The standard InChI is InChI=1S/C12H12N2O/c13-7-12(15)6-9-1-2-11-8-14-4-3-10(11)5-9/h1-5,8H,6-7,13H2/p+1. The van der Waals surface area contributed by atoms with E-state index in [1.807, 2.05) is 36.7 Å². The van der Waals surface area contributed by atoms with Crippen molar-refractivity contribution in [1.82, 2.24) is 0 Å². The Morgan fingerprint density at radius 1 is 1.27 bits per heavy atom. The fourth-order valence-corrected chi connectivity index (χ4v) is 1.59. The lowest BCUT2D eigenvalue weighted by Gasteiger charge is -2.00. The van der Waals surface area contributed by atoms with Gasteiger partial charge in [0.1, 0.15) is 0 Å². The van der Waals surface area contributed by atoms with Gasteiger partial charge in [-0.1, -0.05) is 12.1 Å². The maximum absolute atomic E-state index is 11.2. The molecule has 1 aromatic carbocycles. The molecule has 3 heteroatoms. The third-order valence-electron chi connectivity index (χ3n) is 2.38. The second kappa shape index (κ2) is 4.19. The van der Waals surface area contributed by atoms with Gasteiger partial charge in [0.15, 0.2) is 18.2 Å². The molecule has 2 aromatic rings. The first-order valence-corrected chi connectivity index (χ1v) is 4.90. The van der Waals surface area contributed by atoms with Crippen molar-refractivity contribution in [2.45, 2.75) is 6.42 Å². The number of ketones is 1. The number of benzene rings is 1. The van der Waals surface area contributed by atoms with Crippen LogP contribution < -0.4 is 10.7 Å². The van der Waals surface area contributed by atoms with Crippen LogP contribution in [0, 0.1) is 0 Å². The monoisotopic (exact) mass is 201 g/mol. The number of carbonyl (C=O) groups excluding carboxylic acids is 1. The number of rotatable bonds is 3. The van der Waals surface area contributed by atoms with Crippen LogP contribution in [0.4, 0.5) is 0 Å². The summed E-state index contributed by atoms with van der Waals surface area (Å²) in [5.41, 5.74) is 6.30. The van der Waals surface area contributed by atoms with Crippen molar-refractivity contribution in [2.24, 2.45) is 5.73 Å². The Balaban J connectivity index is 2.34. The molecule has 0 unspecified atom stereocenters. The van der Waals surface area contributed by atoms with E-state index in [4.69, 9.17) is 5.73 Å². The van der Waals surface area contributed by atoms with E-state index in [-0.39, 0.29) is 12.3 Å². The maximum Gasteiger partial charge on any atom is 0.174 e. The molecule has 1 heterocycles. The van der Waals surface area contributed by atoms with E-state index in [0.29, 0.717) is 6.42 Å². The number of nitrogens with two attached hydrogens (primary N) is 1. The summed E-state index contributed by atoms with van der Waals surface area (Å²) in [6.07, 6.45) is 4.23. The molecule has 2 rings (SSSR count). The van der Waals surface area contributed by atoms with E-state index in [1.54, 1.807) is 0 Å². The molecule has 0 saturated carbocycles. The normalized spacial score (nSPS) is 10.5. The van der Waals surface area contributed by atoms with Gasteiger partial charge in [-0.3, -0.25) is 4.79 Å². The molecule has 0 fully saturated rings. The van der Waals surface area contributed by atoms with E-state index >= 15 is 0 Å². The average molecular weight is 201 g/mol. The third-order valence-corrected chi connectivity index (χ3v) is 2.38. The van der Waals surface area contributed by atoms with Crippen LogP contribution in [0.3, 0.4) is 0 Å². The minimum Gasteiger partial charge on any atom is -0.324 e. The highest BCUT2D eigenvalue weighted by Crippen LogP contribution is 2.13. The second-order valence-electron chi connectivity index (χ2n) is 3.53. The number of nitrogens with one attached hydrogen (secondary N) is 1. The van der Waals surface area contributed by atoms with Crippen LogP contribution in [0.15, 0.2) is 36.7 Å². The summed E-state index contributed by atoms with van der Waals surface area (Å²) >= 11 is 0. The maximum atomic E-state index is 11.2. The van der Waals surface area contributed by atoms with Crippen LogP contribution >= 0.6 is 0 Å². The summed E-state index contributed by atoms with van der Waals surface area (Å²) in [4.78, 5) is 14.2. The van der Waals surface area contributed by atoms with Crippen molar-refractivity contribution in [1.29, 1.82) is 0 Å². The lowest BCUT2D eigenvalue weighted by molar-refractivity contribution is -0.375. The number of fused-ring (bicyclic) bond motifs is 1. The van der Waals surface area contributed by atoms with Gasteiger partial charge in [0, 0.05) is 17.9 Å². The first kappa shape index (κ1) is 9.80. The SMILES string of the molecule is NCC(=O)Cc1ccc2c[nH+]ccc2c1. The second-order valence-corrected chi connectivity index (χ2v) is 3.53. The van der Waals surface area contributed by atoms with Crippen LogP contribution in [0.1, 0.15) is 5.56 Å². The van der Waals surface area contributed by atoms with E-state index in [0.717, 1.165) is 16.3 Å². The Bertz CT molecular complexity index is 494. The number of pyridine rings is 1. The minimum atomic E-state index is 0.0665. The topological polar surface area (TPSA) is 57.2 Å². The molecular weight excluding hydrogens is 188 g/mol. The van der Waals surface area contributed by atoms with Crippen LogP contribution in [-0.4, -0.2) is 12.3 Å². The quantitative estimate of drug-likeness (QED) is 0.795. The van der Waals surface area contributed by atoms with Crippen LogP contribution in [0.5, 0.6) is 0 Å². The highest BCUT2D eigenvalue weighted by Gasteiger charge is 2.02. The first-order chi connectivity index (χ1) is 7.29. The zero-order valence-corrected chi connectivity index (χ0v) is 8.36. The van der Waals surface area contributed by atoms with Gasteiger partial charge in [-0.15, -0.1) is 0 Å². The van der Waals surface area contributed by atoms with Crippen molar-refractivity contribution >= 4 is 16.6 Å². The molecule has 1 aromatic heterocycles. The van der Waals surface area contributed by atoms with Crippen LogP contribution in [-0.2, 0) is 11.2 Å². The molecule has 15 heavy (non-hydrogen) atoms. The van der Waals surface area contributed by atoms with Crippen molar-refractivity contribution in [3.63, 3.8) is 0 Å². The number of aromatic nitrogens is 1. The number of aromatic amines is 1. The summed E-state index contributed by atoms with van der Waals surface area (Å²) in [6, 6.07) is 7.98. The predicted octanol–water partition coefficient (Wildman–Crippen LogP) is 0.724. The molecular formula is C12H13N2O+. The zero-order valence-electron chi connectivity index (χ0n) is 8.36. The molecule has 0 amide bonds. The Morgan fingerprint density at radius 3 is 2.93 bits per heavy atom. The Hall–Kier alpha value is -1.74. The zero-order chi connectivity index (χ0) is 10.7. The number of carbonyl (C=O) groups is 1. The molecule has 3 N–H and O–H groups in total. The van der Waals surface area contributed by atoms with E-state index < -0.39 is 0 Å². The van der Waals surface area contributed by atoms with Crippen molar-refractivity contribution in [3.05, 3.63) is 42.2 Å². The number of hydrogen-bond acceptors (Lipinski definition) is 2. The summed E-state index contributed by atoms with van der Waals surface area (Å²) in [5, 5.41) is 2.28. The number of hydrogen-bond donors (Lipinski definition) is 1. The summed E-state index contributed by atoms with van der Waals surface area (Å²) in [7, 11) is 0. The Labute approximate surface area is 87.9 Å². The molecule has 76 valence electrons. The summed E-state index contributed by atoms with van der Waals surface area (Å²) < 4.78 is 0. The molecule has 0 radical (unpaired) electrons. The molecule has 0 bridgehead atoms. The molecule has 0 aliphatic carbocycles. The van der Waals surface area contributed by atoms with Gasteiger partial charge in [0.25, 0.3) is 0 Å². The van der Waals surface area contributed by atoms with Gasteiger partial charge in [-0.05, 0) is 17.0 Å². The van der Waals surface area contributed by atoms with Gasteiger partial charge in [0.2, 0.25) is 0 Å². The third kappa shape index (κ3) is 2.19. The molecule has 0 spiro atoms. The first-order valence-electron chi connectivity index (χ1n) is 4.90.